The molecule has 0 N–H and O–H groups in total. The summed E-state index contributed by atoms with van der Waals surface area (Å²) in [5.41, 5.74) is 0. The van der Waals surface area contributed by atoms with E-state index in [-0.39, 0.29) is 29.9 Å². The molecule has 0 aromatic carbocycles. The van der Waals surface area contributed by atoms with Crippen LogP contribution in [-0.2, 0) is 9.53 Å². The van der Waals surface area contributed by atoms with E-state index in [2.05, 4.69) is 9.73 Å². The molecule has 0 spiro atoms. The van der Waals surface area contributed by atoms with E-state index in [0.717, 1.165) is 38.2 Å². The Morgan fingerprint density at radius 1 is 0.950 bits per heavy atom. The van der Waals surface area contributed by atoms with Crippen molar-refractivity contribution in [3.63, 3.8) is 0 Å². The second-order valence-electron chi connectivity index (χ2n) is 5.06. The lowest BCUT2D eigenvalue weighted by molar-refractivity contribution is -0.140. The molecule has 0 rings (SSSR count). The van der Waals surface area contributed by atoms with Gasteiger partial charge in [-0.25, -0.2) is 0 Å². The molecule has 0 atom stereocenters. The summed E-state index contributed by atoms with van der Waals surface area (Å²) in [5, 5.41) is 0. The molecule has 0 heterocycles. The summed E-state index contributed by atoms with van der Waals surface area (Å²) in [6.45, 7) is 0.864. The number of unbranched alkanes of at least 4 members (excludes halogenated alkanes) is 4. The quantitative estimate of drug-likeness (QED) is 0.207. The van der Waals surface area contributed by atoms with E-state index in [9.17, 15) is 4.79 Å². The molecular formula is C14H30IN3O2. The van der Waals surface area contributed by atoms with Crippen molar-refractivity contribution in [3.05, 3.63) is 0 Å². The van der Waals surface area contributed by atoms with Crippen LogP contribution in [-0.4, -0.2) is 63.6 Å². The SMILES string of the molecule is COC(=O)CCCCCCCN=C(N(C)C)N(C)C.I. The van der Waals surface area contributed by atoms with Gasteiger partial charge < -0.3 is 14.5 Å². The molecule has 0 aliphatic carbocycles. The Labute approximate surface area is 140 Å². The zero-order valence-corrected chi connectivity index (χ0v) is 15.8. The number of carbonyl (C=O) groups excluding carboxylic acids is 1. The fraction of sp³-hybridized carbons (Fsp3) is 0.857. The molecule has 20 heavy (non-hydrogen) atoms. The van der Waals surface area contributed by atoms with Gasteiger partial charge in [0.2, 0.25) is 0 Å². The molecule has 0 saturated carbocycles. The maximum absolute atomic E-state index is 10.9. The van der Waals surface area contributed by atoms with Crippen molar-refractivity contribution in [2.45, 2.75) is 38.5 Å². The van der Waals surface area contributed by atoms with Crippen molar-refractivity contribution in [3.8, 4) is 0 Å². The minimum atomic E-state index is -0.105. The maximum atomic E-state index is 10.9. The average molecular weight is 399 g/mol. The second-order valence-corrected chi connectivity index (χ2v) is 5.06. The molecule has 0 aliphatic rings. The van der Waals surface area contributed by atoms with E-state index in [1.54, 1.807) is 0 Å². The summed E-state index contributed by atoms with van der Waals surface area (Å²) in [5.74, 6) is 0.900. The molecular weight excluding hydrogens is 369 g/mol. The number of ether oxygens (including phenoxy) is 1. The minimum Gasteiger partial charge on any atom is -0.469 e. The Morgan fingerprint density at radius 3 is 1.95 bits per heavy atom. The highest BCUT2D eigenvalue weighted by Gasteiger charge is 2.03. The number of rotatable bonds is 8. The van der Waals surface area contributed by atoms with Crippen LogP contribution in [0.2, 0.25) is 0 Å². The van der Waals surface area contributed by atoms with Gasteiger partial charge >= 0.3 is 5.97 Å². The monoisotopic (exact) mass is 399 g/mol. The highest BCUT2D eigenvalue weighted by atomic mass is 127. The van der Waals surface area contributed by atoms with Gasteiger partial charge in [-0.05, 0) is 12.8 Å². The van der Waals surface area contributed by atoms with Crippen molar-refractivity contribution in [1.82, 2.24) is 9.80 Å². The number of hydrogen-bond donors (Lipinski definition) is 0. The number of hydrogen-bond acceptors (Lipinski definition) is 3. The maximum Gasteiger partial charge on any atom is 0.305 e. The van der Waals surface area contributed by atoms with E-state index in [0.29, 0.717) is 6.42 Å². The van der Waals surface area contributed by atoms with Gasteiger partial charge in [0.15, 0.2) is 5.96 Å². The molecule has 6 heteroatoms. The molecule has 0 saturated heterocycles. The Kier molecular flexibility index (Phi) is 14.6. The first-order valence-electron chi connectivity index (χ1n) is 6.95. The third-order valence-electron chi connectivity index (χ3n) is 2.82. The van der Waals surface area contributed by atoms with E-state index in [1.807, 2.05) is 38.0 Å². The highest BCUT2D eigenvalue weighted by Crippen LogP contribution is 2.06. The average Bonchev–Trinajstić information content (AvgIpc) is 2.35. The van der Waals surface area contributed by atoms with Crippen LogP contribution in [0.25, 0.3) is 0 Å². The summed E-state index contributed by atoms with van der Waals surface area (Å²) in [6.07, 6.45) is 5.98. The molecule has 0 aromatic heterocycles. The number of methoxy groups -OCH3 is 1. The summed E-state index contributed by atoms with van der Waals surface area (Å²) in [4.78, 5) is 19.5. The molecule has 0 aromatic rings. The number of halogens is 1. The van der Waals surface area contributed by atoms with Gasteiger partial charge in [-0.1, -0.05) is 19.3 Å². The molecule has 0 bridgehead atoms. The van der Waals surface area contributed by atoms with E-state index >= 15 is 0 Å². The lowest BCUT2D eigenvalue weighted by atomic mass is 10.1. The van der Waals surface area contributed by atoms with Crippen molar-refractivity contribution in [2.24, 2.45) is 4.99 Å². The van der Waals surface area contributed by atoms with Crippen LogP contribution in [0.3, 0.4) is 0 Å². The van der Waals surface area contributed by atoms with E-state index < -0.39 is 0 Å². The van der Waals surface area contributed by atoms with Crippen LogP contribution in [0.4, 0.5) is 0 Å². The number of esters is 1. The van der Waals surface area contributed by atoms with Gasteiger partial charge in [0.25, 0.3) is 0 Å². The second kappa shape index (κ2) is 13.5. The van der Waals surface area contributed by atoms with Crippen molar-refractivity contribution in [2.75, 3.05) is 41.8 Å². The van der Waals surface area contributed by atoms with Crippen LogP contribution in [0.1, 0.15) is 38.5 Å². The Hall–Kier alpha value is -0.530. The van der Waals surface area contributed by atoms with Crippen LogP contribution in [0.15, 0.2) is 4.99 Å². The van der Waals surface area contributed by atoms with Crippen molar-refractivity contribution < 1.29 is 9.53 Å². The van der Waals surface area contributed by atoms with Crippen LogP contribution < -0.4 is 0 Å². The van der Waals surface area contributed by atoms with E-state index in [1.165, 1.54) is 13.5 Å². The number of aliphatic imine (C=N–C) groups is 1. The largest absolute Gasteiger partial charge is 0.469 e. The first-order valence-corrected chi connectivity index (χ1v) is 6.95. The summed E-state index contributed by atoms with van der Waals surface area (Å²) >= 11 is 0. The van der Waals surface area contributed by atoms with Gasteiger partial charge in [-0.2, -0.15) is 0 Å². The van der Waals surface area contributed by atoms with Crippen LogP contribution >= 0.6 is 24.0 Å². The summed E-state index contributed by atoms with van der Waals surface area (Å²) in [6, 6.07) is 0. The Balaban J connectivity index is 0. The predicted molar refractivity (Wildman–Crippen MR) is 94.8 cm³/mol. The summed E-state index contributed by atoms with van der Waals surface area (Å²) in [7, 11) is 9.46. The predicted octanol–water partition coefficient (Wildman–Crippen LogP) is 2.60. The molecule has 120 valence electrons. The van der Waals surface area contributed by atoms with Gasteiger partial charge in [-0.15, -0.1) is 24.0 Å². The van der Waals surface area contributed by atoms with Gasteiger partial charge in [0.05, 0.1) is 7.11 Å². The molecule has 0 amide bonds. The zero-order chi connectivity index (χ0) is 14.7. The minimum absolute atomic E-state index is 0. The van der Waals surface area contributed by atoms with Crippen LogP contribution in [0, 0.1) is 0 Å². The molecule has 0 fully saturated rings. The fourth-order valence-corrected chi connectivity index (χ4v) is 1.88. The zero-order valence-electron chi connectivity index (χ0n) is 13.5. The lowest BCUT2D eigenvalue weighted by Crippen LogP contribution is -2.35. The normalized spacial score (nSPS) is 9.45. The molecule has 0 radical (unpaired) electrons. The van der Waals surface area contributed by atoms with Crippen molar-refractivity contribution in [1.29, 1.82) is 0 Å². The van der Waals surface area contributed by atoms with Gasteiger partial charge in [-0.3, -0.25) is 9.79 Å². The topological polar surface area (TPSA) is 45.1 Å². The lowest BCUT2D eigenvalue weighted by Gasteiger charge is -2.22. The van der Waals surface area contributed by atoms with Crippen molar-refractivity contribution >= 4 is 35.9 Å². The van der Waals surface area contributed by atoms with Gasteiger partial charge in [0, 0.05) is 41.2 Å². The standard InChI is InChI=1S/C14H29N3O2.HI/c1-16(2)14(17(3)4)15-12-10-8-6-7-9-11-13(18)19-5;/h6-12H2,1-5H3;1H. The fourth-order valence-electron chi connectivity index (χ4n) is 1.88. The van der Waals surface area contributed by atoms with E-state index in [4.69, 9.17) is 0 Å². The van der Waals surface area contributed by atoms with Crippen LogP contribution in [0.5, 0.6) is 0 Å². The molecule has 5 nitrogen and oxygen atoms in total. The smallest absolute Gasteiger partial charge is 0.305 e. The Morgan fingerprint density at radius 2 is 1.45 bits per heavy atom. The third-order valence-corrected chi connectivity index (χ3v) is 2.82. The van der Waals surface area contributed by atoms with Gasteiger partial charge in [0.1, 0.15) is 0 Å². The first-order chi connectivity index (χ1) is 8.99. The number of carbonyl (C=O) groups is 1. The number of guanidine groups is 1. The molecule has 0 unspecified atom stereocenters. The Bertz CT molecular complexity index is 272. The molecule has 0 aliphatic heterocycles. The first kappa shape index (κ1) is 21.8. The third kappa shape index (κ3) is 11.3. The highest BCUT2D eigenvalue weighted by molar-refractivity contribution is 14.0. The summed E-state index contributed by atoms with van der Waals surface area (Å²) < 4.78 is 4.60. The number of nitrogens with zero attached hydrogens (tertiary/aromatic N) is 3.